The molecule has 1 rings (SSSR count). The van der Waals surface area contributed by atoms with Crippen LogP contribution in [0.25, 0.3) is 0 Å². The molecule has 6 nitrogen and oxygen atoms in total. The Bertz CT molecular complexity index is 342. The van der Waals surface area contributed by atoms with Gasteiger partial charge in [-0.15, -0.1) is 0 Å². The maximum atomic E-state index is 11.4. The fraction of sp³-hybridized carbons (Fsp3) is 0.889. The Morgan fingerprint density at radius 2 is 2.25 bits per heavy atom. The van der Waals surface area contributed by atoms with E-state index in [2.05, 4.69) is 5.32 Å². The van der Waals surface area contributed by atoms with Crippen molar-refractivity contribution in [2.24, 2.45) is 5.73 Å². The summed E-state index contributed by atoms with van der Waals surface area (Å²) in [6, 6.07) is -0.0950. The molecule has 0 radical (unpaired) electrons. The number of hydrogen-bond donors (Lipinski definition) is 2. The summed E-state index contributed by atoms with van der Waals surface area (Å²) in [5.41, 5.74) is 5.27. The normalized spacial score (nSPS) is 25.2. The zero-order valence-electron chi connectivity index (χ0n) is 9.48. The van der Waals surface area contributed by atoms with E-state index in [0.717, 1.165) is 0 Å². The number of nitrogens with zero attached hydrogens (tertiary/aromatic N) is 1. The van der Waals surface area contributed by atoms with Crippen LogP contribution in [0.15, 0.2) is 0 Å². The van der Waals surface area contributed by atoms with Crippen LogP contribution in [0.1, 0.15) is 6.92 Å². The first-order chi connectivity index (χ1) is 7.44. The largest absolute Gasteiger partial charge is 0.354 e. The molecular formula is C9H19N3O3S. The van der Waals surface area contributed by atoms with Crippen molar-refractivity contribution in [3.63, 3.8) is 0 Å². The van der Waals surface area contributed by atoms with Crippen LogP contribution in [-0.4, -0.2) is 63.0 Å². The van der Waals surface area contributed by atoms with Gasteiger partial charge in [-0.2, -0.15) is 0 Å². The first kappa shape index (κ1) is 13.4. The zero-order valence-corrected chi connectivity index (χ0v) is 10.3. The van der Waals surface area contributed by atoms with Gasteiger partial charge in [-0.3, -0.25) is 9.69 Å². The Kier molecular flexibility index (Phi) is 4.69. The van der Waals surface area contributed by atoms with Crippen LogP contribution in [0.4, 0.5) is 0 Å². The van der Waals surface area contributed by atoms with Gasteiger partial charge in [0.1, 0.15) is 0 Å². The Balaban J connectivity index is 2.41. The smallest absolute Gasteiger partial charge is 0.234 e. The minimum Gasteiger partial charge on any atom is -0.354 e. The summed E-state index contributed by atoms with van der Waals surface area (Å²) in [4.78, 5) is 13.3. The lowest BCUT2D eigenvalue weighted by Gasteiger charge is -2.32. The van der Waals surface area contributed by atoms with Crippen molar-refractivity contribution in [2.75, 3.05) is 37.7 Å². The molecule has 0 bridgehead atoms. The number of sulfone groups is 1. The third-order valence-electron chi connectivity index (χ3n) is 2.62. The van der Waals surface area contributed by atoms with Crippen LogP contribution in [0, 0.1) is 0 Å². The maximum Gasteiger partial charge on any atom is 0.234 e. The van der Waals surface area contributed by atoms with Crippen molar-refractivity contribution >= 4 is 15.7 Å². The summed E-state index contributed by atoms with van der Waals surface area (Å²) in [7, 11) is -2.91. The molecule has 1 atom stereocenters. The van der Waals surface area contributed by atoms with Crippen LogP contribution < -0.4 is 11.1 Å². The van der Waals surface area contributed by atoms with Gasteiger partial charge in [0.15, 0.2) is 9.84 Å². The van der Waals surface area contributed by atoms with E-state index in [1.54, 1.807) is 0 Å². The van der Waals surface area contributed by atoms with Gasteiger partial charge < -0.3 is 11.1 Å². The molecule has 0 aliphatic carbocycles. The monoisotopic (exact) mass is 249 g/mol. The summed E-state index contributed by atoms with van der Waals surface area (Å²) in [5, 5.41) is 2.67. The van der Waals surface area contributed by atoms with Crippen molar-refractivity contribution < 1.29 is 13.2 Å². The maximum absolute atomic E-state index is 11.4. The van der Waals surface area contributed by atoms with Gasteiger partial charge in [-0.1, -0.05) is 0 Å². The standard InChI is InChI=1S/C9H19N3O3S/c1-8-7-16(14,15)5-4-12(8)6-9(13)11-3-2-10/h8H,2-7,10H2,1H3,(H,11,13). The third kappa shape index (κ3) is 4.07. The van der Waals surface area contributed by atoms with E-state index in [1.807, 2.05) is 11.8 Å². The lowest BCUT2D eigenvalue weighted by molar-refractivity contribution is -0.122. The van der Waals surface area contributed by atoms with Crippen molar-refractivity contribution in [1.29, 1.82) is 0 Å². The van der Waals surface area contributed by atoms with E-state index in [1.165, 1.54) is 0 Å². The molecule has 0 aromatic carbocycles. The predicted octanol–water partition coefficient (Wildman–Crippen LogP) is -1.82. The fourth-order valence-corrected chi connectivity index (χ4v) is 3.34. The molecule has 1 unspecified atom stereocenters. The first-order valence-corrected chi connectivity index (χ1v) is 7.18. The molecule has 1 saturated heterocycles. The highest BCUT2D eigenvalue weighted by Crippen LogP contribution is 2.10. The first-order valence-electron chi connectivity index (χ1n) is 5.36. The second-order valence-electron chi connectivity index (χ2n) is 4.07. The molecule has 94 valence electrons. The average molecular weight is 249 g/mol. The Labute approximate surface area is 96.1 Å². The number of hydrogen-bond acceptors (Lipinski definition) is 5. The van der Waals surface area contributed by atoms with E-state index >= 15 is 0 Å². The summed E-state index contributed by atoms with van der Waals surface area (Å²) in [6.07, 6.45) is 0. The fourth-order valence-electron chi connectivity index (χ4n) is 1.72. The van der Waals surface area contributed by atoms with Crippen molar-refractivity contribution in [3.8, 4) is 0 Å². The minimum absolute atomic E-state index is 0.0950. The second kappa shape index (κ2) is 5.60. The lowest BCUT2D eigenvalue weighted by atomic mass is 10.3. The highest BCUT2D eigenvalue weighted by molar-refractivity contribution is 7.91. The van der Waals surface area contributed by atoms with E-state index < -0.39 is 9.84 Å². The summed E-state index contributed by atoms with van der Waals surface area (Å²) < 4.78 is 22.6. The van der Waals surface area contributed by atoms with Crippen LogP contribution in [0.2, 0.25) is 0 Å². The Hall–Kier alpha value is -0.660. The van der Waals surface area contributed by atoms with Gasteiger partial charge in [0.05, 0.1) is 18.1 Å². The quantitative estimate of drug-likeness (QED) is 0.612. The van der Waals surface area contributed by atoms with Gasteiger partial charge in [-0.25, -0.2) is 8.42 Å². The summed E-state index contributed by atoms with van der Waals surface area (Å²) >= 11 is 0. The van der Waals surface area contributed by atoms with Gasteiger partial charge in [0, 0.05) is 25.7 Å². The summed E-state index contributed by atoms with van der Waals surface area (Å²) in [5.74, 6) is 0.176. The van der Waals surface area contributed by atoms with E-state index in [0.29, 0.717) is 19.6 Å². The van der Waals surface area contributed by atoms with E-state index in [9.17, 15) is 13.2 Å². The van der Waals surface area contributed by atoms with Gasteiger partial charge in [0.25, 0.3) is 0 Å². The molecule has 0 spiro atoms. The third-order valence-corrected chi connectivity index (χ3v) is 4.42. The van der Waals surface area contributed by atoms with E-state index in [-0.39, 0.29) is 30.0 Å². The molecule has 16 heavy (non-hydrogen) atoms. The number of nitrogens with one attached hydrogen (secondary N) is 1. The molecule has 7 heteroatoms. The lowest BCUT2D eigenvalue weighted by Crippen LogP contribution is -2.50. The van der Waals surface area contributed by atoms with Crippen molar-refractivity contribution in [1.82, 2.24) is 10.2 Å². The van der Waals surface area contributed by atoms with Crippen molar-refractivity contribution in [3.05, 3.63) is 0 Å². The number of nitrogens with two attached hydrogens (primary N) is 1. The van der Waals surface area contributed by atoms with Crippen LogP contribution in [0.3, 0.4) is 0 Å². The highest BCUT2D eigenvalue weighted by Gasteiger charge is 2.28. The molecule has 1 amide bonds. The molecule has 1 fully saturated rings. The Morgan fingerprint density at radius 1 is 1.56 bits per heavy atom. The molecule has 0 aromatic rings. The molecule has 0 saturated carbocycles. The minimum atomic E-state index is -2.91. The molecular weight excluding hydrogens is 230 g/mol. The topological polar surface area (TPSA) is 92.5 Å². The van der Waals surface area contributed by atoms with Crippen LogP contribution >= 0.6 is 0 Å². The second-order valence-corrected chi connectivity index (χ2v) is 6.30. The summed E-state index contributed by atoms with van der Waals surface area (Å²) in [6.45, 7) is 3.37. The van der Waals surface area contributed by atoms with Gasteiger partial charge >= 0.3 is 0 Å². The SMILES string of the molecule is CC1CS(=O)(=O)CCN1CC(=O)NCCN. The number of carbonyl (C=O) groups is 1. The van der Waals surface area contributed by atoms with Gasteiger partial charge in [-0.05, 0) is 6.92 Å². The number of amides is 1. The molecule has 1 aliphatic heterocycles. The number of carbonyl (C=O) groups excluding carboxylic acids is 1. The molecule has 1 aliphatic rings. The van der Waals surface area contributed by atoms with Crippen molar-refractivity contribution in [2.45, 2.75) is 13.0 Å². The molecule has 3 N–H and O–H groups in total. The van der Waals surface area contributed by atoms with Crippen LogP contribution in [-0.2, 0) is 14.6 Å². The highest BCUT2D eigenvalue weighted by atomic mass is 32.2. The Morgan fingerprint density at radius 3 is 2.81 bits per heavy atom. The average Bonchev–Trinajstić information content (AvgIpc) is 2.18. The molecule has 0 aromatic heterocycles. The predicted molar refractivity (Wildman–Crippen MR) is 61.8 cm³/mol. The van der Waals surface area contributed by atoms with Gasteiger partial charge in [0.2, 0.25) is 5.91 Å². The van der Waals surface area contributed by atoms with Crippen LogP contribution in [0.5, 0.6) is 0 Å². The molecule has 1 heterocycles. The van der Waals surface area contributed by atoms with E-state index in [4.69, 9.17) is 5.73 Å². The number of rotatable bonds is 4. The zero-order chi connectivity index (χ0) is 12.2.